The molecule has 1 aromatic heterocycles. The van der Waals surface area contributed by atoms with Gasteiger partial charge in [0, 0.05) is 38.0 Å². The Kier molecular flexibility index (Phi) is 5.91. The molecule has 1 amide bonds. The van der Waals surface area contributed by atoms with Crippen LogP contribution in [0.15, 0.2) is 40.1 Å². The number of benzene rings is 1. The van der Waals surface area contributed by atoms with Gasteiger partial charge in [0.25, 0.3) is 5.56 Å². The number of carbonyl (C=O) groups excluding carboxylic acids is 1. The predicted molar refractivity (Wildman–Crippen MR) is 109 cm³/mol. The topological polar surface area (TPSA) is 82.8 Å². The van der Waals surface area contributed by atoms with Crippen LogP contribution in [0.25, 0.3) is 6.08 Å². The Hall–Kier alpha value is -3.29. The van der Waals surface area contributed by atoms with E-state index in [1.165, 1.54) is 30.0 Å². The fourth-order valence-electron chi connectivity index (χ4n) is 3.17. The fourth-order valence-corrected chi connectivity index (χ4v) is 3.17. The number of methoxy groups -OCH3 is 2. The first-order valence-corrected chi connectivity index (χ1v) is 9.32. The van der Waals surface area contributed by atoms with E-state index in [1.54, 1.807) is 32.2 Å². The van der Waals surface area contributed by atoms with E-state index >= 15 is 0 Å². The molecule has 8 heteroatoms. The van der Waals surface area contributed by atoms with E-state index in [2.05, 4.69) is 0 Å². The van der Waals surface area contributed by atoms with E-state index in [9.17, 15) is 14.4 Å². The van der Waals surface area contributed by atoms with Crippen molar-refractivity contribution in [1.29, 1.82) is 0 Å². The summed E-state index contributed by atoms with van der Waals surface area (Å²) in [6, 6.07) is 5.63. The van der Waals surface area contributed by atoms with Crippen LogP contribution in [0.1, 0.15) is 24.0 Å². The summed E-state index contributed by atoms with van der Waals surface area (Å²) in [5.41, 5.74) is 0.268. The number of aryl methyl sites for hydroxylation is 1. The lowest BCUT2D eigenvalue weighted by Gasteiger charge is -2.22. The molecule has 1 aliphatic rings. The molecule has 2 aromatic rings. The monoisotopic (exact) mass is 399 g/mol. The summed E-state index contributed by atoms with van der Waals surface area (Å²) in [7, 11) is 6.15. The smallest absolute Gasteiger partial charge is 0.330 e. The van der Waals surface area contributed by atoms with Crippen LogP contribution >= 0.6 is 0 Å². The van der Waals surface area contributed by atoms with E-state index in [0.717, 1.165) is 23.0 Å². The van der Waals surface area contributed by atoms with Crippen LogP contribution in [0.3, 0.4) is 0 Å². The molecule has 1 aromatic carbocycles. The zero-order valence-electron chi connectivity index (χ0n) is 17.0. The van der Waals surface area contributed by atoms with Crippen molar-refractivity contribution in [3.8, 4) is 11.5 Å². The van der Waals surface area contributed by atoms with Gasteiger partial charge in [0.2, 0.25) is 5.91 Å². The molecule has 1 fully saturated rings. The maximum absolute atomic E-state index is 12.9. The molecule has 0 atom stereocenters. The molecule has 0 bridgehead atoms. The molecule has 1 saturated carbocycles. The van der Waals surface area contributed by atoms with Crippen molar-refractivity contribution >= 4 is 12.0 Å². The minimum Gasteiger partial charge on any atom is -0.497 e. The number of amides is 1. The summed E-state index contributed by atoms with van der Waals surface area (Å²) < 4.78 is 13.0. The molecule has 0 unspecified atom stereocenters. The van der Waals surface area contributed by atoms with Gasteiger partial charge in [-0.2, -0.15) is 0 Å². The SMILES string of the molecule is COc1ccc(OC)c(CN(C(=O)/C=C/c2cn(C)c(=O)n(C)c2=O)C2CC2)c1. The second kappa shape index (κ2) is 8.38. The van der Waals surface area contributed by atoms with Crippen molar-refractivity contribution < 1.29 is 14.3 Å². The number of hydrogen-bond acceptors (Lipinski definition) is 5. The summed E-state index contributed by atoms with van der Waals surface area (Å²) in [4.78, 5) is 38.7. The highest BCUT2D eigenvalue weighted by Gasteiger charge is 2.32. The highest BCUT2D eigenvalue weighted by atomic mass is 16.5. The Morgan fingerprint density at radius 3 is 2.55 bits per heavy atom. The maximum Gasteiger partial charge on any atom is 0.330 e. The zero-order valence-corrected chi connectivity index (χ0v) is 17.0. The summed E-state index contributed by atoms with van der Waals surface area (Å²) in [6.07, 6.45) is 6.15. The number of rotatable bonds is 7. The van der Waals surface area contributed by atoms with Crippen molar-refractivity contribution in [3.63, 3.8) is 0 Å². The zero-order chi connectivity index (χ0) is 21.1. The minimum atomic E-state index is -0.440. The Morgan fingerprint density at radius 1 is 1.21 bits per heavy atom. The number of ether oxygens (including phenoxy) is 2. The number of aromatic nitrogens is 2. The first-order valence-electron chi connectivity index (χ1n) is 9.32. The average molecular weight is 399 g/mol. The summed E-state index contributed by atoms with van der Waals surface area (Å²) in [5, 5.41) is 0. The molecule has 0 aliphatic heterocycles. The normalized spacial score (nSPS) is 13.5. The quantitative estimate of drug-likeness (QED) is 0.656. The van der Waals surface area contributed by atoms with E-state index in [-0.39, 0.29) is 17.5 Å². The molecule has 0 spiro atoms. The van der Waals surface area contributed by atoms with Gasteiger partial charge in [-0.25, -0.2) is 4.79 Å². The van der Waals surface area contributed by atoms with E-state index in [1.807, 2.05) is 12.1 Å². The molecule has 1 aliphatic carbocycles. The van der Waals surface area contributed by atoms with Gasteiger partial charge in [-0.05, 0) is 37.1 Å². The van der Waals surface area contributed by atoms with Crippen molar-refractivity contribution in [2.45, 2.75) is 25.4 Å². The van der Waals surface area contributed by atoms with Crippen LogP contribution in [0.4, 0.5) is 0 Å². The Morgan fingerprint density at radius 2 is 1.93 bits per heavy atom. The van der Waals surface area contributed by atoms with Crippen molar-refractivity contribution in [2.24, 2.45) is 14.1 Å². The van der Waals surface area contributed by atoms with Crippen molar-refractivity contribution in [2.75, 3.05) is 14.2 Å². The second-order valence-electron chi connectivity index (χ2n) is 7.05. The largest absolute Gasteiger partial charge is 0.497 e. The predicted octanol–water partition coefficient (Wildman–Crippen LogP) is 1.31. The highest BCUT2D eigenvalue weighted by molar-refractivity contribution is 5.92. The number of carbonyl (C=O) groups is 1. The van der Waals surface area contributed by atoms with Gasteiger partial charge in [0.05, 0.1) is 26.3 Å². The first kappa shape index (κ1) is 20.4. The van der Waals surface area contributed by atoms with E-state index in [0.29, 0.717) is 18.0 Å². The van der Waals surface area contributed by atoms with Crippen LogP contribution < -0.4 is 20.7 Å². The summed E-state index contributed by atoms with van der Waals surface area (Å²) in [5.74, 6) is 1.17. The van der Waals surface area contributed by atoms with Crippen LogP contribution in [-0.2, 0) is 25.4 Å². The third kappa shape index (κ3) is 4.42. The van der Waals surface area contributed by atoms with Crippen LogP contribution in [-0.4, -0.2) is 40.2 Å². The molecule has 29 heavy (non-hydrogen) atoms. The molecule has 0 N–H and O–H groups in total. The molecule has 8 nitrogen and oxygen atoms in total. The molecule has 0 radical (unpaired) electrons. The lowest BCUT2D eigenvalue weighted by molar-refractivity contribution is -0.127. The molecular weight excluding hydrogens is 374 g/mol. The van der Waals surface area contributed by atoms with Crippen molar-refractivity contribution in [1.82, 2.24) is 14.0 Å². The van der Waals surface area contributed by atoms with Crippen molar-refractivity contribution in [3.05, 3.63) is 62.4 Å². The third-order valence-corrected chi connectivity index (χ3v) is 4.98. The molecule has 0 saturated heterocycles. The standard InChI is InChI=1S/C21H25N3O5/c1-22-12-14(20(26)23(2)21(22)27)5-10-19(25)24(16-6-7-16)13-15-11-17(28-3)8-9-18(15)29-4/h5,8-12,16H,6-7,13H2,1-4H3/b10-5+. The highest BCUT2D eigenvalue weighted by Crippen LogP contribution is 2.32. The Balaban J connectivity index is 1.86. The average Bonchev–Trinajstić information content (AvgIpc) is 3.56. The van der Waals surface area contributed by atoms with Gasteiger partial charge in [-0.1, -0.05) is 0 Å². The number of hydrogen-bond donors (Lipinski definition) is 0. The Labute approximate surface area is 168 Å². The minimum absolute atomic E-state index is 0.158. The van der Waals surface area contributed by atoms with Gasteiger partial charge < -0.3 is 18.9 Å². The first-order chi connectivity index (χ1) is 13.8. The second-order valence-corrected chi connectivity index (χ2v) is 7.05. The fraction of sp³-hybridized carbons (Fsp3) is 0.381. The van der Waals surface area contributed by atoms with Gasteiger partial charge in [-0.3, -0.25) is 14.2 Å². The lowest BCUT2D eigenvalue weighted by atomic mass is 10.1. The van der Waals surface area contributed by atoms with Gasteiger partial charge >= 0.3 is 5.69 Å². The molecule has 154 valence electrons. The van der Waals surface area contributed by atoms with Crippen LogP contribution in [0.2, 0.25) is 0 Å². The van der Waals surface area contributed by atoms with Gasteiger partial charge in [0.15, 0.2) is 0 Å². The molecular formula is C21H25N3O5. The van der Waals surface area contributed by atoms with E-state index < -0.39 is 11.2 Å². The molecule has 3 rings (SSSR count). The maximum atomic E-state index is 12.9. The Bertz CT molecular complexity index is 1060. The van der Waals surface area contributed by atoms with Gasteiger partial charge in [0.1, 0.15) is 11.5 Å². The van der Waals surface area contributed by atoms with Gasteiger partial charge in [-0.15, -0.1) is 0 Å². The van der Waals surface area contributed by atoms with Crippen LogP contribution in [0, 0.1) is 0 Å². The summed E-state index contributed by atoms with van der Waals surface area (Å²) in [6.45, 7) is 0.375. The summed E-state index contributed by atoms with van der Waals surface area (Å²) >= 11 is 0. The lowest BCUT2D eigenvalue weighted by Crippen LogP contribution is -2.37. The van der Waals surface area contributed by atoms with E-state index in [4.69, 9.17) is 9.47 Å². The van der Waals surface area contributed by atoms with Crippen LogP contribution in [0.5, 0.6) is 11.5 Å². The molecule has 1 heterocycles. The number of nitrogens with zero attached hydrogens (tertiary/aromatic N) is 3. The third-order valence-electron chi connectivity index (χ3n) is 4.98.